The molecule has 0 aromatic heterocycles. The summed E-state index contributed by atoms with van der Waals surface area (Å²) in [5, 5.41) is 10.3. The highest BCUT2D eigenvalue weighted by molar-refractivity contribution is 5.14. The van der Waals surface area contributed by atoms with Crippen LogP contribution in [0.25, 0.3) is 0 Å². The molecule has 1 N–H and O–H groups in total. The summed E-state index contributed by atoms with van der Waals surface area (Å²) in [6.07, 6.45) is 2.94. The van der Waals surface area contributed by atoms with Gasteiger partial charge in [-0.3, -0.25) is 0 Å². The van der Waals surface area contributed by atoms with Crippen molar-refractivity contribution in [3.05, 3.63) is 35.9 Å². The summed E-state index contributed by atoms with van der Waals surface area (Å²) in [7, 11) is 0. The number of hydrogen-bond acceptors (Lipinski definition) is 1. The first-order valence-electron chi connectivity index (χ1n) is 6.09. The molecule has 0 saturated heterocycles. The SMILES string of the molecule is CC(C)(C)C(C)(O)CCCc1ccccc1. The molecule has 0 aliphatic heterocycles. The largest absolute Gasteiger partial charge is 0.390 e. The lowest BCUT2D eigenvalue weighted by Gasteiger charge is -2.37. The molecule has 1 nitrogen and oxygen atoms in total. The molecule has 0 heterocycles. The third-order valence-corrected chi connectivity index (χ3v) is 3.59. The van der Waals surface area contributed by atoms with E-state index in [1.165, 1.54) is 5.56 Å². The Bertz CT molecular complexity index is 306. The monoisotopic (exact) mass is 220 g/mol. The van der Waals surface area contributed by atoms with E-state index >= 15 is 0 Å². The third-order valence-electron chi connectivity index (χ3n) is 3.59. The molecule has 0 amide bonds. The molecule has 1 unspecified atom stereocenters. The van der Waals surface area contributed by atoms with Gasteiger partial charge in [0, 0.05) is 0 Å². The van der Waals surface area contributed by atoms with Crippen LogP contribution in [0.2, 0.25) is 0 Å². The molecule has 0 aliphatic carbocycles. The Kier molecular flexibility index (Phi) is 4.15. The Balaban J connectivity index is 2.42. The lowest BCUT2D eigenvalue weighted by Crippen LogP contribution is -2.39. The summed E-state index contributed by atoms with van der Waals surface area (Å²) < 4.78 is 0. The van der Waals surface area contributed by atoms with Crippen molar-refractivity contribution in [2.24, 2.45) is 5.41 Å². The van der Waals surface area contributed by atoms with Crippen molar-refractivity contribution in [2.45, 2.75) is 52.6 Å². The maximum absolute atomic E-state index is 10.3. The van der Waals surface area contributed by atoms with E-state index in [1.807, 2.05) is 13.0 Å². The standard InChI is InChI=1S/C15H24O/c1-14(2,3)15(4,16)12-8-11-13-9-6-5-7-10-13/h5-7,9-10,16H,8,11-12H2,1-4H3. The van der Waals surface area contributed by atoms with Crippen LogP contribution in [0.5, 0.6) is 0 Å². The summed E-state index contributed by atoms with van der Waals surface area (Å²) in [6.45, 7) is 8.22. The van der Waals surface area contributed by atoms with Gasteiger partial charge in [0.1, 0.15) is 0 Å². The zero-order chi connectivity index (χ0) is 12.2. The van der Waals surface area contributed by atoms with Crippen LogP contribution in [0.1, 0.15) is 46.1 Å². The first-order valence-corrected chi connectivity index (χ1v) is 6.09. The lowest BCUT2D eigenvalue weighted by atomic mass is 9.75. The molecule has 0 bridgehead atoms. The van der Waals surface area contributed by atoms with Crippen molar-refractivity contribution >= 4 is 0 Å². The Labute approximate surface area is 99.5 Å². The summed E-state index contributed by atoms with van der Waals surface area (Å²) in [5.41, 5.74) is 0.720. The molecule has 0 aliphatic rings. The van der Waals surface area contributed by atoms with E-state index in [0.29, 0.717) is 0 Å². The number of aliphatic hydroxyl groups is 1. The molecule has 0 spiro atoms. The summed E-state index contributed by atoms with van der Waals surface area (Å²) >= 11 is 0. The minimum atomic E-state index is -0.582. The molecule has 0 saturated carbocycles. The van der Waals surface area contributed by atoms with Crippen molar-refractivity contribution < 1.29 is 5.11 Å². The minimum absolute atomic E-state index is 0.0519. The Hall–Kier alpha value is -0.820. The summed E-state index contributed by atoms with van der Waals surface area (Å²) in [4.78, 5) is 0. The number of aryl methyl sites for hydroxylation is 1. The van der Waals surface area contributed by atoms with Crippen molar-refractivity contribution in [1.29, 1.82) is 0 Å². The van der Waals surface area contributed by atoms with Gasteiger partial charge in [-0.15, -0.1) is 0 Å². The van der Waals surface area contributed by atoms with E-state index in [2.05, 4.69) is 45.0 Å². The van der Waals surface area contributed by atoms with Gasteiger partial charge >= 0.3 is 0 Å². The molecule has 0 fully saturated rings. The van der Waals surface area contributed by atoms with Crippen LogP contribution in [-0.2, 0) is 6.42 Å². The molecular weight excluding hydrogens is 196 g/mol. The van der Waals surface area contributed by atoms with Crippen molar-refractivity contribution in [2.75, 3.05) is 0 Å². The Morgan fingerprint density at radius 2 is 1.56 bits per heavy atom. The molecule has 1 aromatic rings. The van der Waals surface area contributed by atoms with E-state index < -0.39 is 5.60 Å². The van der Waals surface area contributed by atoms with Gasteiger partial charge in [-0.1, -0.05) is 51.1 Å². The smallest absolute Gasteiger partial charge is 0.0667 e. The fourth-order valence-electron chi connectivity index (χ4n) is 1.66. The van der Waals surface area contributed by atoms with E-state index in [0.717, 1.165) is 19.3 Å². The highest BCUT2D eigenvalue weighted by atomic mass is 16.3. The fourth-order valence-corrected chi connectivity index (χ4v) is 1.66. The van der Waals surface area contributed by atoms with Crippen LogP contribution >= 0.6 is 0 Å². The van der Waals surface area contributed by atoms with Gasteiger partial charge in [-0.2, -0.15) is 0 Å². The van der Waals surface area contributed by atoms with Crippen LogP contribution in [-0.4, -0.2) is 10.7 Å². The number of rotatable bonds is 4. The van der Waals surface area contributed by atoms with Gasteiger partial charge in [-0.05, 0) is 37.2 Å². The zero-order valence-electron chi connectivity index (χ0n) is 11.0. The van der Waals surface area contributed by atoms with Crippen LogP contribution in [0.15, 0.2) is 30.3 Å². The highest BCUT2D eigenvalue weighted by Gasteiger charge is 2.34. The average Bonchev–Trinajstić information content (AvgIpc) is 2.17. The zero-order valence-corrected chi connectivity index (χ0v) is 11.0. The van der Waals surface area contributed by atoms with Crippen LogP contribution in [0, 0.1) is 5.41 Å². The highest BCUT2D eigenvalue weighted by Crippen LogP contribution is 2.33. The maximum atomic E-state index is 10.3. The molecule has 1 atom stereocenters. The topological polar surface area (TPSA) is 20.2 Å². The van der Waals surface area contributed by atoms with Gasteiger partial charge in [-0.25, -0.2) is 0 Å². The van der Waals surface area contributed by atoms with Crippen molar-refractivity contribution in [3.8, 4) is 0 Å². The molecule has 0 radical (unpaired) electrons. The quantitative estimate of drug-likeness (QED) is 0.818. The van der Waals surface area contributed by atoms with Gasteiger partial charge in [0.05, 0.1) is 5.60 Å². The molecular formula is C15H24O. The Morgan fingerprint density at radius 3 is 2.06 bits per heavy atom. The summed E-state index contributed by atoms with van der Waals surface area (Å²) in [6, 6.07) is 10.5. The predicted molar refractivity (Wildman–Crippen MR) is 69.5 cm³/mol. The maximum Gasteiger partial charge on any atom is 0.0667 e. The first kappa shape index (κ1) is 13.2. The average molecular weight is 220 g/mol. The fraction of sp³-hybridized carbons (Fsp3) is 0.600. The van der Waals surface area contributed by atoms with E-state index in [-0.39, 0.29) is 5.41 Å². The van der Waals surface area contributed by atoms with E-state index in [1.54, 1.807) is 0 Å². The first-order chi connectivity index (χ1) is 7.33. The normalized spacial score (nSPS) is 15.8. The molecule has 1 aromatic carbocycles. The van der Waals surface area contributed by atoms with Crippen LogP contribution in [0.3, 0.4) is 0 Å². The van der Waals surface area contributed by atoms with Gasteiger partial charge in [0.25, 0.3) is 0 Å². The lowest BCUT2D eigenvalue weighted by molar-refractivity contribution is -0.0492. The molecule has 90 valence electrons. The third kappa shape index (κ3) is 3.64. The van der Waals surface area contributed by atoms with E-state index in [4.69, 9.17) is 0 Å². The molecule has 16 heavy (non-hydrogen) atoms. The predicted octanol–water partition coefficient (Wildman–Crippen LogP) is 3.81. The van der Waals surface area contributed by atoms with Gasteiger partial charge in [0.2, 0.25) is 0 Å². The van der Waals surface area contributed by atoms with Crippen molar-refractivity contribution in [1.82, 2.24) is 0 Å². The van der Waals surface area contributed by atoms with E-state index in [9.17, 15) is 5.11 Å². The second-order valence-electron chi connectivity index (χ2n) is 5.86. The number of benzene rings is 1. The minimum Gasteiger partial charge on any atom is -0.390 e. The summed E-state index contributed by atoms with van der Waals surface area (Å²) in [5.74, 6) is 0. The van der Waals surface area contributed by atoms with Gasteiger partial charge < -0.3 is 5.11 Å². The van der Waals surface area contributed by atoms with Gasteiger partial charge in [0.15, 0.2) is 0 Å². The molecule has 1 rings (SSSR count). The van der Waals surface area contributed by atoms with Crippen LogP contribution in [0.4, 0.5) is 0 Å². The van der Waals surface area contributed by atoms with Crippen molar-refractivity contribution in [3.63, 3.8) is 0 Å². The number of hydrogen-bond donors (Lipinski definition) is 1. The Morgan fingerprint density at radius 1 is 1.00 bits per heavy atom. The second kappa shape index (κ2) is 5.01. The second-order valence-corrected chi connectivity index (χ2v) is 5.86. The molecule has 1 heteroatoms. The van der Waals surface area contributed by atoms with Crippen LogP contribution < -0.4 is 0 Å².